The summed E-state index contributed by atoms with van der Waals surface area (Å²) >= 11 is 2.39. The lowest BCUT2D eigenvalue weighted by molar-refractivity contribution is -0.385. The molecule has 0 aliphatic rings. The minimum Gasteiger partial charge on any atom is -0.305 e. The second-order valence-corrected chi connectivity index (χ2v) is 6.04. The molecule has 1 aromatic carbocycles. The number of nitrogens with zero attached hydrogens (tertiary/aromatic N) is 2. The van der Waals surface area contributed by atoms with Gasteiger partial charge in [-0.2, -0.15) is 0 Å². The molecular weight excluding hydrogens is 355 g/mol. The average molecular weight is 376 g/mol. The van der Waals surface area contributed by atoms with E-state index in [4.69, 9.17) is 0 Å². The minimum atomic E-state index is -0.293. The van der Waals surface area contributed by atoms with Gasteiger partial charge < -0.3 is 4.90 Å². The van der Waals surface area contributed by atoms with Crippen LogP contribution in [0.5, 0.6) is 0 Å². The van der Waals surface area contributed by atoms with Gasteiger partial charge in [0.05, 0.1) is 4.92 Å². The van der Waals surface area contributed by atoms with E-state index in [-0.39, 0.29) is 10.6 Å². The van der Waals surface area contributed by atoms with Gasteiger partial charge >= 0.3 is 0 Å². The smallest absolute Gasteiger partial charge is 0.273 e. The number of nitro groups is 1. The maximum Gasteiger partial charge on any atom is 0.273 e. The summed E-state index contributed by atoms with van der Waals surface area (Å²) in [7, 11) is 3.85. The van der Waals surface area contributed by atoms with E-state index in [9.17, 15) is 10.1 Å². The van der Waals surface area contributed by atoms with E-state index in [1.807, 2.05) is 31.1 Å². The second-order valence-electron chi connectivity index (χ2n) is 4.96. The van der Waals surface area contributed by atoms with E-state index in [1.165, 1.54) is 22.8 Å². The van der Waals surface area contributed by atoms with E-state index in [0.29, 0.717) is 6.54 Å². The topological polar surface area (TPSA) is 46.4 Å². The van der Waals surface area contributed by atoms with Crippen LogP contribution < -0.4 is 0 Å². The number of hydrogen-bond donors (Lipinski definition) is 0. The lowest BCUT2D eigenvalue weighted by Crippen LogP contribution is -2.12. The third-order valence-corrected chi connectivity index (χ3v) is 3.69. The summed E-state index contributed by atoms with van der Waals surface area (Å²) < 4.78 is 1.20. The zero-order valence-electron chi connectivity index (χ0n) is 11.6. The standard InChI is InChI=1S/C14H21IN2O2/c1-16(2)11-13-10-12(6-4-3-5-9-15)7-8-14(13)17(18)19/h7-8,10H,3-6,9,11H2,1-2H3. The van der Waals surface area contributed by atoms with E-state index >= 15 is 0 Å². The van der Waals surface area contributed by atoms with Crippen molar-refractivity contribution in [1.29, 1.82) is 0 Å². The first-order chi connectivity index (χ1) is 9.04. The molecule has 106 valence electrons. The molecule has 1 aromatic rings. The third-order valence-electron chi connectivity index (χ3n) is 2.93. The number of alkyl halides is 1. The number of nitro benzene ring substituents is 1. The van der Waals surface area contributed by atoms with E-state index < -0.39 is 0 Å². The zero-order valence-corrected chi connectivity index (χ0v) is 13.7. The summed E-state index contributed by atoms with van der Waals surface area (Å²) in [4.78, 5) is 12.7. The average Bonchev–Trinajstić information content (AvgIpc) is 2.34. The van der Waals surface area contributed by atoms with Gasteiger partial charge in [-0.1, -0.05) is 35.1 Å². The predicted molar refractivity (Wildman–Crippen MR) is 86.9 cm³/mol. The highest BCUT2D eigenvalue weighted by atomic mass is 127. The Hall–Kier alpha value is -0.690. The number of benzene rings is 1. The molecule has 0 aliphatic heterocycles. The summed E-state index contributed by atoms with van der Waals surface area (Å²) in [5, 5.41) is 11.0. The minimum absolute atomic E-state index is 0.227. The quantitative estimate of drug-likeness (QED) is 0.228. The maximum atomic E-state index is 11.0. The molecule has 19 heavy (non-hydrogen) atoms. The Morgan fingerprint density at radius 2 is 2.00 bits per heavy atom. The highest BCUT2D eigenvalue weighted by Gasteiger charge is 2.14. The normalized spacial score (nSPS) is 10.9. The van der Waals surface area contributed by atoms with Crippen molar-refractivity contribution in [2.45, 2.75) is 32.2 Å². The number of halogens is 1. The van der Waals surface area contributed by atoms with E-state index in [0.717, 1.165) is 18.4 Å². The van der Waals surface area contributed by atoms with Gasteiger partial charge in [0.2, 0.25) is 0 Å². The van der Waals surface area contributed by atoms with Crippen molar-refractivity contribution >= 4 is 28.3 Å². The molecule has 0 saturated heterocycles. The van der Waals surface area contributed by atoms with Gasteiger partial charge in [-0.25, -0.2) is 0 Å². The molecule has 0 aliphatic carbocycles. The second kappa shape index (κ2) is 8.47. The Bertz CT molecular complexity index is 422. The number of rotatable bonds is 8. The van der Waals surface area contributed by atoms with Crippen LogP contribution in [0, 0.1) is 10.1 Å². The lowest BCUT2D eigenvalue weighted by Gasteiger charge is -2.11. The number of aryl methyl sites for hydroxylation is 1. The number of hydrogen-bond acceptors (Lipinski definition) is 3. The van der Waals surface area contributed by atoms with Crippen molar-refractivity contribution in [2.24, 2.45) is 0 Å². The molecule has 0 bridgehead atoms. The van der Waals surface area contributed by atoms with Crippen molar-refractivity contribution in [2.75, 3.05) is 18.5 Å². The molecule has 1 rings (SSSR count). The Morgan fingerprint density at radius 1 is 1.26 bits per heavy atom. The van der Waals surface area contributed by atoms with Crippen LogP contribution >= 0.6 is 22.6 Å². The summed E-state index contributed by atoms with van der Waals surface area (Å²) in [6.45, 7) is 0.609. The molecule has 0 amide bonds. The predicted octanol–water partition coefficient (Wildman–Crippen LogP) is 3.80. The van der Waals surface area contributed by atoms with Gasteiger partial charge in [-0.05, 0) is 49.4 Å². The molecular formula is C14H21IN2O2. The van der Waals surface area contributed by atoms with Crippen molar-refractivity contribution in [3.8, 4) is 0 Å². The molecule has 0 atom stereocenters. The highest BCUT2D eigenvalue weighted by Crippen LogP contribution is 2.22. The van der Waals surface area contributed by atoms with Crippen LogP contribution in [0.1, 0.15) is 30.4 Å². The molecule has 5 heteroatoms. The monoisotopic (exact) mass is 376 g/mol. The fourth-order valence-electron chi connectivity index (χ4n) is 2.04. The van der Waals surface area contributed by atoms with Crippen LogP contribution in [0.15, 0.2) is 18.2 Å². The first kappa shape index (κ1) is 16.4. The number of unbranched alkanes of at least 4 members (excludes halogenated alkanes) is 2. The molecule has 0 heterocycles. The first-order valence-electron chi connectivity index (χ1n) is 6.51. The van der Waals surface area contributed by atoms with Crippen molar-refractivity contribution in [3.05, 3.63) is 39.4 Å². The largest absolute Gasteiger partial charge is 0.305 e. The van der Waals surface area contributed by atoms with Gasteiger partial charge in [-0.15, -0.1) is 0 Å². The zero-order chi connectivity index (χ0) is 14.3. The first-order valence-corrected chi connectivity index (χ1v) is 8.04. The highest BCUT2D eigenvalue weighted by molar-refractivity contribution is 14.1. The lowest BCUT2D eigenvalue weighted by atomic mass is 10.0. The maximum absolute atomic E-state index is 11.0. The van der Waals surface area contributed by atoms with E-state index in [1.54, 1.807) is 6.07 Å². The van der Waals surface area contributed by atoms with Crippen molar-refractivity contribution in [1.82, 2.24) is 4.90 Å². The van der Waals surface area contributed by atoms with E-state index in [2.05, 4.69) is 22.6 Å². The van der Waals surface area contributed by atoms with Gasteiger partial charge in [0, 0.05) is 18.2 Å². The Morgan fingerprint density at radius 3 is 2.58 bits per heavy atom. The molecule has 0 N–H and O–H groups in total. The van der Waals surface area contributed by atoms with Gasteiger partial charge in [0.15, 0.2) is 0 Å². The molecule has 0 unspecified atom stereocenters. The van der Waals surface area contributed by atoms with Crippen LogP contribution in [0.25, 0.3) is 0 Å². The van der Waals surface area contributed by atoms with Crippen LogP contribution in [-0.4, -0.2) is 28.3 Å². The van der Waals surface area contributed by atoms with Gasteiger partial charge in [0.25, 0.3) is 5.69 Å². The van der Waals surface area contributed by atoms with Crippen LogP contribution in [0.3, 0.4) is 0 Å². The molecule has 4 nitrogen and oxygen atoms in total. The fourth-order valence-corrected chi connectivity index (χ4v) is 2.58. The molecule has 0 spiro atoms. The fraction of sp³-hybridized carbons (Fsp3) is 0.571. The molecule has 0 saturated carbocycles. The summed E-state index contributed by atoms with van der Waals surface area (Å²) in [5.74, 6) is 0. The Balaban J connectivity index is 2.76. The van der Waals surface area contributed by atoms with Gasteiger partial charge in [-0.3, -0.25) is 10.1 Å². The SMILES string of the molecule is CN(C)Cc1cc(CCCCCI)ccc1[N+](=O)[O-]. The Labute approximate surface area is 128 Å². The van der Waals surface area contributed by atoms with Crippen molar-refractivity contribution in [3.63, 3.8) is 0 Å². The molecule has 0 fully saturated rings. The molecule has 0 aromatic heterocycles. The molecule has 0 radical (unpaired) electrons. The van der Waals surface area contributed by atoms with Gasteiger partial charge in [0.1, 0.15) is 0 Å². The summed E-state index contributed by atoms with van der Waals surface area (Å²) in [5.41, 5.74) is 2.24. The van der Waals surface area contributed by atoms with Crippen LogP contribution in [0.2, 0.25) is 0 Å². The van der Waals surface area contributed by atoms with Crippen LogP contribution in [-0.2, 0) is 13.0 Å². The van der Waals surface area contributed by atoms with Crippen molar-refractivity contribution < 1.29 is 4.92 Å². The Kier molecular flexibility index (Phi) is 7.30. The summed E-state index contributed by atoms with van der Waals surface area (Å²) in [6.07, 6.45) is 4.64. The van der Waals surface area contributed by atoms with Crippen LogP contribution in [0.4, 0.5) is 5.69 Å². The summed E-state index contributed by atoms with van der Waals surface area (Å²) in [6, 6.07) is 5.52. The third kappa shape index (κ3) is 5.86.